The van der Waals surface area contributed by atoms with Crippen LogP contribution in [0.1, 0.15) is 49.4 Å². The highest BCUT2D eigenvalue weighted by Gasteiger charge is 2.32. The van der Waals surface area contributed by atoms with Crippen LogP contribution in [0.2, 0.25) is 0 Å². The second kappa shape index (κ2) is 5.49. The average Bonchev–Trinajstić information content (AvgIpc) is 2.33. The molecule has 106 valence electrons. The van der Waals surface area contributed by atoms with Gasteiger partial charge in [0.05, 0.1) is 7.11 Å². The Morgan fingerprint density at radius 1 is 1.47 bits per heavy atom. The lowest BCUT2D eigenvalue weighted by molar-refractivity contribution is 0.233. The second-order valence-corrected chi connectivity index (χ2v) is 6.29. The number of hydrogen-bond acceptors (Lipinski definition) is 3. The summed E-state index contributed by atoms with van der Waals surface area (Å²) in [6.45, 7) is 6.42. The molecule has 2 unspecified atom stereocenters. The van der Waals surface area contributed by atoms with Gasteiger partial charge >= 0.3 is 0 Å². The van der Waals surface area contributed by atoms with Crippen LogP contribution in [0, 0.1) is 19.8 Å². The summed E-state index contributed by atoms with van der Waals surface area (Å²) in [5, 5.41) is 0. The van der Waals surface area contributed by atoms with Crippen LogP contribution in [0.25, 0.3) is 0 Å². The van der Waals surface area contributed by atoms with Gasteiger partial charge in [0.15, 0.2) is 0 Å². The van der Waals surface area contributed by atoms with Gasteiger partial charge in [-0.05, 0) is 32.6 Å². The molecule has 0 saturated heterocycles. The molecule has 0 bridgehead atoms. The van der Waals surface area contributed by atoms with E-state index in [-0.39, 0.29) is 5.54 Å². The molecule has 3 nitrogen and oxygen atoms in total. The van der Waals surface area contributed by atoms with Gasteiger partial charge in [0.25, 0.3) is 0 Å². The van der Waals surface area contributed by atoms with E-state index in [1.807, 2.05) is 13.1 Å². The van der Waals surface area contributed by atoms with E-state index in [0.717, 1.165) is 47.8 Å². The predicted molar refractivity (Wildman–Crippen MR) is 78.5 cm³/mol. The minimum absolute atomic E-state index is 0.0876. The first kappa shape index (κ1) is 14.3. The molecule has 3 heteroatoms. The van der Waals surface area contributed by atoms with Crippen molar-refractivity contribution in [1.82, 2.24) is 4.98 Å². The van der Waals surface area contributed by atoms with E-state index in [9.17, 15) is 0 Å². The summed E-state index contributed by atoms with van der Waals surface area (Å²) >= 11 is 0. The molecule has 1 aromatic rings. The maximum Gasteiger partial charge on any atom is 0.128 e. The largest absolute Gasteiger partial charge is 0.496 e. The Kier molecular flexibility index (Phi) is 4.14. The number of aryl methyl sites for hydroxylation is 1. The molecule has 1 heterocycles. The van der Waals surface area contributed by atoms with Gasteiger partial charge in [-0.1, -0.05) is 19.8 Å². The summed E-state index contributed by atoms with van der Waals surface area (Å²) in [7, 11) is 1.72. The van der Waals surface area contributed by atoms with Crippen molar-refractivity contribution in [1.29, 1.82) is 0 Å². The van der Waals surface area contributed by atoms with Crippen LogP contribution in [-0.4, -0.2) is 17.6 Å². The van der Waals surface area contributed by atoms with Crippen molar-refractivity contribution in [2.24, 2.45) is 11.7 Å². The number of methoxy groups -OCH3 is 1. The van der Waals surface area contributed by atoms with Gasteiger partial charge in [-0.2, -0.15) is 0 Å². The molecule has 1 aliphatic carbocycles. The minimum atomic E-state index is -0.0876. The Balaban J connectivity index is 2.23. The highest BCUT2D eigenvalue weighted by Crippen LogP contribution is 2.34. The molecular formula is C16H26N2O. The summed E-state index contributed by atoms with van der Waals surface area (Å²) in [5.74, 6) is 1.68. The van der Waals surface area contributed by atoms with Gasteiger partial charge < -0.3 is 10.5 Å². The van der Waals surface area contributed by atoms with E-state index in [4.69, 9.17) is 10.5 Å². The standard InChI is InChI=1S/C16H26N2O/c1-11-6-5-7-16(17,8-11)9-14-13(3)15(19-4)12(2)10-18-14/h10-11H,5-9,17H2,1-4H3. The van der Waals surface area contributed by atoms with Gasteiger partial charge in [-0.25, -0.2) is 0 Å². The van der Waals surface area contributed by atoms with Crippen LogP contribution in [0.3, 0.4) is 0 Å². The molecule has 19 heavy (non-hydrogen) atoms. The Labute approximate surface area is 116 Å². The van der Waals surface area contributed by atoms with E-state index in [1.54, 1.807) is 7.11 Å². The van der Waals surface area contributed by atoms with Gasteiger partial charge in [0.2, 0.25) is 0 Å². The smallest absolute Gasteiger partial charge is 0.128 e. The average molecular weight is 262 g/mol. The number of aromatic nitrogens is 1. The Morgan fingerprint density at radius 3 is 2.84 bits per heavy atom. The molecule has 0 amide bonds. The van der Waals surface area contributed by atoms with Crippen LogP contribution >= 0.6 is 0 Å². The lowest BCUT2D eigenvalue weighted by Gasteiger charge is -2.37. The van der Waals surface area contributed by atoms with Crippen molar-refractivity contribution in [3.63, 3.8) is 0 Å². The maximum atomic E-state index is 6.60. The van der Waals surface area contributed by atoms with Crippen molar-refractivity contribution in [3.8, 4) is 5.75 Å². The topological polar surface area (TPSA) is 48.1 Å². The Morgan fingerprint density at radius 2 is 2.21 bits per heavy atom. The predicted octanol–water partition coefficient (Wildman–Crippen LogP) is 3.16. The quantitative estimate of drug-likeness (QED) is 0.910. The molecule has 0 aliphatic heterocycles. The van der Waals surface area contributed by atoms with Crippen LogP contribution in [-0.2, 0) is 6.42 Å². The first-order valence-corrected chi connectivity index (χ1v) is 7.23. The van der Waals surface area contributed by atoms with E-state index >= 15 is 0 Å². The molecule has 1 aromatic heterocycles. The van der Waals surface area contributed by atoms with Crippen molar-refractivity contribution in [2.45, 2.75) is 58.4 Å². The minimum Gasteiger partial charge on any atom is -0.496 e. The van der Waals surface area contributed by atoms with Gasteiger partial charge in [-0.15, -0.1) is 0 Å². The summed E-state index contributed by atoms with van der Waals surface area (Å²) in [5.41, 5.74) is 9.84. The molecule has 2 N–H and O–H groups in total. The van der Waals surface area contributed by atoms with Crippen LogP contribution in [0.15, 0.2) is 6.20 Å². The third-order valence-corrected chi connectivity index (χ3v) is 4.40. The molecule has 0 radical (unpaired) electrons. The lowest BCUT2D eigenvalue weighted by atomic mass is 9.74. The summed E-state index contributed by atoms with van der Waals surface area (Å²) in [6.07, 6.45) is 7.51. The van der Waals surface area contributed by atoms with Crippen molar-refractivity contribution >= 4 is 0 Å². The van der Waals surface area contributed by atoms with Gasteiger partial charge in [0, 0.05) is 35.0 Å². The van der Waals surface area contributed by atoms with Gasteiger partial charge in [-0.3, -0.25) is 4.98 Å². The highest BCUT2D eigenvalue weighted by atomic mass is 16.5. The van der Waals surface area contributed by atoms with E-state index in [2.05, 4.69) is 18.8 Å². The maximum absolute atomic E-state index is 6.60. The number of ether oxygens (including phenoxy) is 1. The zero-order valence-corrected chi connectivity index (χ0v) is 12.6. The molecule has 1 saturated carbocycles. The van der Waals surface area contributed by atoms with Crippen LogP contribution < -0.4 is 10.5 Å². The molecular weight excluding hydrogens is 236 g/mol. The van der Waals surface area contributed by atoms with Crippen molar-refractivity contribution < 1.29 is 4.74 Å². The van der Waals surface area contributed by atoms with E-state index in [1.165, 1.54) is 12.8 Å². The molecule has 0 aromatic carbocycles. The number of pyridine rings is 1. The first-order valence-electron chi connectivity index (χ1n) is 7.23. The SMILES string of the molecule is COc1c(C)cnc(CC2(N)CCCC(C)C2)c1C. The first-order chi connectivity index (χ1) is 8.95. The molecule has 1 aliphatic rings. The van der Waals surface area contributed by atoms with Crippen molar-refractivity contribution in [3.05, 3.63) is 23.0 Å². The Hall–Kier alpha value is -1.09. The summed E-state index contributed by atoms with van der Waals surface area (Å²) in [4.78, 5) is 4.59. The van der Waals surface area contributed by atoms with Crippen LogP contribution in [0.4, 0.5) is 0 Å². The van der Waals surface area contributed by atoms with Crippen LogP contribution in [0.5, 0.6) is 5.75 Å². The zero-order valence-electron chi connectivity index (χ0n) is 12.6. The fourth-order valence-corrected chi connectivity index (χ4v) is 3.44. The third-order valence-electron chi connectivity index (χ3n) is 4.40. The second-order valence-electron chi connectivity index (χ2n) is 6.29. The number of hydrogen-bond donors (Lipinski definition) is 1. The van der Waals surface area contributed by atoms with Gasteiger partial charge in [0.1, 0.15) is 5.75 Å². The zero-order chi connectivity index (χ0) is 14.0. The molecule has 2 rings (SSSR count). The summed E-state index contributed by atoms with van der Waals surface area (Å²) < 4.78 is 5.48. The van der Waals surface area contributed by atoms with E-state index in [0.29, 0.717) is 0 Å². The molecule has 1 fully saturated rings. The fraction of sp³-hybridized carbons (Fsp3) is 0.688. The van der Waals surface area contributed by atoms with Crippen molar-refractivity contribution in [2.75, 3.05) is 7.11 Å². The lowest BCUT2D eigenvalue weighted by Crippen LogP contribution is -2.46. The number of nitrogens with zero attached hydrogens (tertiary/aromatic N) is 1. The highest BCUT2D eigenvalue weighted by molar-refractivity contribution is 5.41. The molecule has 0 spiro atoms. The Bertz CT molecular complexity index is 458. The number of rotatable bonds is 3. The summed E-state index contributed by atoms with van der Waals surface area (Å²) in [6, 6.07) is 0. The number of nitrogens with two attached hydrogens (primary N) is 1. The molecule has 2 atom stereocenters. The monoisotopic (exact) mass is 262 g/mol. The van der Waals surface area contributed by atoms with E-state index < -0.39 is 0 Å². The normalized spacial score (nSPS) is 27.3. The third kappa shape index (κ3) is 3.08. The fourth-order valence-electron chi connectivity index (χ4n) is 3.44.